The standard InChI is InChI=1S/C32H45N5O3/c1-22(2)28-13-12-23(3)14-31(39)37-19-25-15-26(29(37)10-7-11-30(38)34-28)20-35(17-25)32(40)27-16-33-36(21-27)18-24-8-5-4-6-9-24/h4-6,8-9,16,21-23,25-26,28-29H,7,10-15,17-20H2,1-3H3,(H,34,38)/t23-,25+,26+,28+,29+/m1/s1. The lowest BCUT2D eigenvalue weighted by Crippen LogP contribution is -2.60. The highest BCUT2D eigenvalue weighted by atomic mass is 16.2. The van der Waals surface area contributed by atoms with Gasteiger partial charge in [-0.2, -0.15) is 5.10 Å². The predicted octanol–water partition coefficient (Wildman–Crippen LogP) is 4.35. The number of nitrogens with one attached hydrogen (secondary N) is 1. The van der Waals surface area contributed by atoms with Gasteiger partial charge in [0.15, 0.2) is 0 Å². The van der Waals surface area contributed by atoms with Crippen LogP contribution >= 0.6 is 0 Å². The summed E-state index contributed by atoms with van der Waals surface area (Å²) in [6, 6.07) is 10.3. The Labute approximate surface area is 238 Å². The Morgan fingerprint density at radius 3 is 2.65 bits per heavy atom. The van der Waals surface area contributed by atoms with Gasteiger partial charge in [-0.15, -0.1) is 0 Å². The Morgan fingerprint density at radius 1 is 1.07 bits per heavy atom. The first kappa shape index (κ1) is 28.4. The summed E-state index contributed by atoms with van der Waals surface area (Å²) in [4.78, 5) is 44.1. The third kappa shape index (κ3) is 6.76. The van der Waals surface area contributed by atoms with Gasteiger partial charge in [-0.05, 0) is 61.3 Å². The van der Waals surface area contributed by atoms with Crippen molar-refractivity contribution in [1.82, 2.24) is 24.9 Å². The zero-order chi connectivity index (χ0) is 28.2. The molecule has 5 atom stereocenters. The van der Waals surface area contributed by atoms with E-state index in [0.717, 1.165) is 37.7 Å². The number of rotatable bonds is 4. The van der Waals surface area contributed by atoms with Gasteiger partial charge in [-0.25, -0.2) is 0 Å². The van der Waals surface area contributed by atoms with E-state index in [1.165, 1.54) is 0 Å². The van der Waals surface area contributed by atoms with Crippen LogP contribution in [0.25, 0.3) is 0 Å². The highest BCUT2D eigenvalue weighted by Gasteiger charge is 2.44. The van der Waals surface area contributed by atoms with Crippen molar-refractivity contribution >= 4 is 17.7 Å². The summed E-state index contributed by atoms with van der Waals surface area (Å²) in [6.07, 6.45) is 8.98. The predicted molar refractivity (Wildman–Crippen MR) is 154 cm³/mol. The van der Waals surface area contributed by atoms with Crippen LogP contribution in [0, 0.1) is 23.7 Å². The lowest BCUT2D eigenvalue weighted by Gasteiger charge is -2.51. The molecule has 40 heavy (non-hydrogen) atoms. The summed E-state index contributed by atoms with van der Waals surface area (Å²) < 4.78 is 1.82. The quantitative estimate of drug-likeness (QED) is 0.617. The summed E-state index contributed by atoms with van der Waals surface area (Å²) in [5.74, 6) is 1.54. The smallest absolute Gasteiger partial charge is 0.257 e. The van der Waals surface area contributed by atoms with Gasteiger partial charge >= 0.3 is 0 Å². The number of nitrogens with zero attached hydrogens (tertiary/aromatic N) is 4. The number of hydrogen-bond donors (Lipinski definition) is 1. The molecule has 0 unspecified atom stereocenters. The number of piperidine rings is 2. The molecule has 0 saturated carbocycles. The van der Waals surface area contributed by atoms with Crippen molar-refractivity contribution < 1.29 is 14.4 Å². The molecule has 3 fully saturated rings. The SMILES string of the molecule is CC(C)[C@@H]1CC[C@@H](C)CC(=O)N2C[C@H]3C[C@@H](CN(C(=O)c4cnn(Cc5ccccc5)c4)C3)[C@@H]2CCCC(=O)N1. The average molecular weight is 548 g/mol. The van der Waals surface area contributed by atoms with Crippen molar-refractivity contribution in [2.75, 3.05) is 19.6 Å². The van der Waals surface area contributed by atoms with Crippen LogP contribution in [0.3, 0.4) is 0 Å². The van der Waals surface area contributed by atoms with E-state index in [4.69, 9.17) is 0 Å². The maximum Gasteiger partial charge on any atom is 0.257 e. The molecule has 1 aromatic carbocycles. The summed E-state index contributed by atoms with van der Waals surface area (Å²) in [5.41, 5.74) is 1.76. The molecule has 0 aliphatic carbocycles. The Bertz CT molecular complexity index is 1180. The van der Waals surface area contributed by atoms with E-state index >= 15 is 0 Å². The number of fused-ring (bicyclic) bond motifs is 4. The third-order valence-electron chi connectivity index (χ3n) is 9.19. The molecule has 3 saturated heterocycles. The maximum atomic E-state index is 13.6. The van der Waals surface area contributed by atoms with Crippen molar-refractivity contribution in [2.45, 2.75) is 84.3 Å². The van der Waals surface area contributed by atoms with Gasteiger partial charge in [-0.1, -0.05) is 51.1 Å². The van der Waals surface area contributed by atoms with Crippen molar-refractivity contribution in [2.24, 2.45) is 23.7 Å². The van der Waals surface area contributed by atoms with E-state index in [9.17, 15) is 14.4 Å². The Balaban J connectivity index is 1.28. The minimum Gasteiger partial charge on any atom is -0.353 e. The first-order valence-corrected chi connectivity index (χ1v) is 15.2. The monoisotopic (exact) mass is 547 g/mol. The molecule has 3 aliphatic heterocycles. The van der Waals surface area contributed by atoms with Crippen LogP contribution < -0.4 is 5.32 Å². The molecule has 1 N–H and O–H groups in total. The van der Waals surface area contributed by atoms with Crippen LogP contribution in [0.1, 0.15) is 81.6 Å². The van der Waals surface area contributed by atoms with Crippen LogP contribution in [0.15, 0.2) is 42.7 Å². The van der Waals surface area contributed by atoms with E-state index in [1.807, 2.05) is 34.0 Å². The van der Waals surface area contributed by atoms with Crippen molar-refractivity contribution in [3.05, 3.63) is 53.9 Å². The molecule has 2 bridgehead atoms. The second kappa shape index (κ2) is 12.6. The summed E-state index contributed by atoms with van der Waals surface area (Å²) in [7, 11) is 0. The van der Waals surface area contributed by atoms with Crippen LogP contribution in [0.4, 0.5) is 0 Å². The second-order valence-corrected chi connectivity index (χ2v) is 12.8. The molecule has 8 nitrogen and oxygen atoms in total. The van der Waals surface area contributed by atoms with Crippen LogP contribution in [-0.4, -0.2) is 69.0 Å². The fourth-order valence-corrected chi connectivity index (χ4v) is 6.99. The minimum absolute atomic E-state index is 0.0196. The van der Waals surface area contributed by atoms with E-state index in [-0.39, 0.29) is 47.6 Å². The van der Waals surface area contributed by atoms with Crippen LogP contribution in [-0.2, 0) is 16.1 Å². The third-order valence-corrected chi connectivity index (χ3v) is 9.19. The molecule has 2 aromatic rings. The lowest BCUT2D eigenvalue weighted by molar-refractivity contribution is -0.141. The summed E-state index contributed by atoms with van der Waals surface area (Å²) in [6.45, 7) is 9.11. The van der Waals surface area contributed by atoms with Crippen LogP contribution in [0.5, 0.6) is 0 Å². The highest BCUT2D eigenvalue weighted by Crippen LogP contribution is 2.37. The molecule has 3 amide bonds. The molecule has 216 valence electrons. The number of aromatic nitrogens is 2. The molecule has 0 spiro atoms. The van der Waals surface area contributed by atoms with Gasteiger partial charge in [0.1, 0.15) is 0 Å². The van der Waals surface area contributed by atoms with Gasteiger partial charge in [0, 0.05) is 50.8 Å². The number of carbonyl (C=O) groups is 3. The van der Waals surface area contributed by atoms with Gasteiger partial charge in [-0.3, -0.25) is 19.1 Å². The fraction of sp³-hybridized carbons (Fsp3) is 0.625. The summed E-state index contributed by atoms with van der Waals surface area (Å²) in [5, 5.41) is 7.71. The van der Waals surface area contributed by atoms with E-state index in [1.54, 1.807) is 6.20 Å². The topological polar surface area (TPSA) is 87.5 Å². The molecule has 8 heteroatoms. The normalized spacial score (nSPS) is 28.2. The largest absolute Gasteiger partial charge is 0.353 e. The number of likely N-dealkylation sites (tertiary alicyclic amines) is 1. The zero-order valence-corrected chi connectivity index (χ0v) is 24.3. The molecular weight excluding hydrogens is 502 g/mol. The average Bonchev–Trinajstić information content (AvgIpc) is 3.39. The Morgan fingerprint density at radius 2 is 1.88 bits per heavy atom. The first-order chi connectivity index (χ1) is 19.3. The lowest BCUT2D eigenvalue weighted by atomic mass is 9.77. The zero-order valence-electron chi connectivity index (χ0n) is 24.3. The molecule has 5 rings (SSSR count). The van der Waals surface area contributed by atoms with Crippen molar-refractivity contribution in [1.29, 1.82) is 0 Å². The van der Waals surface area contributed by atoms with Gasteiger partial charge < -0.3 is 15.1 Å². The Kier molecular flexibility index (Phi) is 8.91. The van der Waals surface area contributed by atoms with Gasteiger partial charge in [0.25, 0.3) is 5.91 Å². The van der Waals surface area contributed by atoms with E-state index in [2.05, 4.69) is 48.2 Å². The molecule has 4 heterocycles. The number of hydrogen-bond acceptors (Lipinski definition) is 4. The first-order valence-electron chi connectivity index (χ1n) is 15.2. The Hall–Kier alpha value is -3.16. The number of benzene rings is 1. The minimum atomic E-state index is 0.0196. The molecule has 0 radical (unpaired) electrons. The van der Waals surface area contributed by atoms with Gasteiger partial charge in [0.2, 0.25) is 11.8 Å². The number of amides is 3. The van der Waals surface area contributed by atoms with E-state index < -0.39 is 0 Å². The molecule has 3 aliphatic rings. The molecule has 1 aromatic heterocycles. The van der Waals surface area contributed by atoms with Crippen molar-refractivity contribution in [3.63, 3.8) is 0 Å². The van der Waals surface area contributed by atoms with Crippen molar-refractivity contribution in [3.8, 4) is 0 Å². The highest BCUT2D eigenvalue weighted by molar-refractivity contribution is 5.93. The number of carbonyl (C=O) groups excluding carboxylic acids is 3. The van der Waals surface area contributed by atoms with Crippen LogP contribution in [0.2, 0.25) is 0 Å². The maximum absolute atomic E-state index is 13.6. The summed E-state index contributed by atoms with van der Waals surface area (Å²) >= 11 is 0. The second-order valence-electron chi connectivity index (χ2n) is 12.8. The fourth-order valence-electron chi connectivity index (χ4n) is 6.99. The van der Waals surface area contributed by atoms with Gasteiger partial charge in [0.05, 0.1) is 18.3 Å². The molecular formula is C32H45N5O3. The van der Waals surface area contributed by atoms with E-state index in [0.29, 0.717) is 50.5 Å².